The van der Waals surface area contributed by atoms with Crippen LogP contribution in [0.1, 0.15) is 39.0 Å². The molecular weight excluding hydrogens is 386 g/mol. The predicted molar refractivity (Wildman–Crippen MR) is 108 cm³/mol. The van der Waals surface area contributed by atoms with Crippen molar-refractivity contribution in [3.05, 3.63) is 23.2 Å². The summed E-state index contributed by atoms with van der Waals surface area (Å²) in [5, 5.41) is 3.13. The Kier molecular flexibility index (Phi) is 6.78. The van der Waals surface area contributed by atoms with Crippen LogP contribution in [-0.2, 0) is 14.8 Å². The van der Waals surface area contributed by atoms with Crippen molar-refractivity contribution in [1.82, 2.24) is 9.21 Å². The summed E-state index contributed by atoms with van der Waals surface area (Å²) in [5.74, 6) is 0.423. The number of carbonyl (C=O) groups is 1. The normalized spacial score (nSPS) is 22.5. The number of hydrogen-bond donors (Lipinski definition) is 1. The summed E-state index contributed by atoms with van der Waals surface area (Å²) in [5.41, 5.74) is 0.352. The molecule has 0 spiro atoms. The van der Waals surface area contributed by atoms with Gasteiger partial charge in [0.2, 0.25) is 15.9 Å². The van der Waals surface area contributed by atoms with Crippen molar-refractivity contribution in [3.63, 3.8) is 0 Å². The van der Waals surface area contributed by atoms with Crippen molar-refractivity contribution in [2.75, 3.05) is 38.0 Å². The number of sulfonamides is 1. The Balaban J connectivity index is 1.70. The second-order valence-corrected chi connectivity index (χ2v) is 9.98. The SMILES string of the molecule is CC1CCCN(CC(=O)Nc2cc(S(=O)(=O)N3CCCCC3)ccc2Cl)C1. The van der Waals surface area contributed by atoms with E-state index in [1.165, 1.54) is 28.9 Å². The molecular formula is C19H28ClN3O3S. The summed E-state index contributed by atoms with van der Waals surface area (Å²) >= 11 is 6.21. The Bertz CT molecular complexity index is 778. The molecule has 1 N–H and O–H groups in total. The summed E-state index contributed by atoms with van der Waals surface area (Å²) in [6.07, 6.45) is 5.11. The lowest BCUT2D eigenvalue weighted by Crippen LogP contribution is -2.39. The Labute approximate surface area is 166 Å². The van der Waals surface area contributed by atoms with E-state index in [1.54, 1.807) is 0 Å². The number of hydrogen-bond acceptors (Lipinski definition) is 4. The van der Waals surface area contributed by atoms with E-state index in [4.69, 9.17) is 11.6 Å². The van der Waals surface area contributed by atoms with Crippen molar-refractivity contribution < 1.29 is 13.2 Å². The van der Waals surface area contributed by atoms with E-state index < -0.39 is 10.0 Å². The van der Waals surface area contributed by atoms with Crippen LogP contribution in [0.2, 0.25) is 5.02 Å². The average molecular weight is 414 g/mol. The second-order valence-electron chi connectivity index (χ2n) is 7.64. The van der Waals surface area contributed by atoms with E-state index in [-0.39, 0.29) is 10.8 Å². The maximum Gasteiger partial charge on any atom is 0.243 e. The molecule has 27 heavy (non-hydrogen) atoms. The molecule has 1 unspecified atom stereocenters. The monoisotopic (exact) mass is 413 g/mol. The van der Waals surface area contributed by atoms with Gasteiger partial charge in [-0.3, -0.25) is 9.69 Å². The first-order valence-corrected chi connectivity index (χ1v) is 11.5. The number of nitrogens with zero attached hydrogens (tertiary/aromatic N) is 2. The first kappa shape index (κ1) is 20.6. The molecule has 6 nitrogen and oxygen atoms in total. The predicted octanol–water partition coefficient (Wildman–Crippen LogP) is 3.19. The maximum atomic E-state index is 12.9. The quantitative estimate of drug-likeness (QED) is 0.804. The Hall–Kier alpha value is -1.15. The van der Waals surface area contributed by atoms with Crippen molar-refractivity contribution >= 4 is 33.2 Å². The largest absolute Gasteiger partial charge is 0.324 e. The summed E-state index contributed by atoms with van der Waals surface area (Å²) in [4.78, 5) is 14.7. The van der Waals surface area contributed by atoms with Crippen molar-refractivity contribution in [1.29, 1.82) is 0 Å². The number of halogens is 1. The molecule has 1 aromatic rings. The van der Waals surface area contributed by atoms with Crippen LogP contribution in [0.15, 0.2) is 23.1 Å². The van der Waals surface area contributed by atoms with Crippen LogP contribution in [0.25, 0.3) is 0 Å². The highest BCUT2D eigenvalue weighted by atomic mass is 35.5. The number of amides is 1. The number of benzene rings is 1. The molecule has 0 saturated carbocycles. The van der Waals surface area contributed by atoms with Gasteiger partial charge >= 0.3 is 0 Å². The zero-order valence-electron chi connectivity index (χ0n) is 15.8. The molecule has 1 aromatic carbocycles. The third kappa shape index (κ3) is 5.22. The van der Waals surface area contributed by atoms with Gasteiger partial charge in [0.25, 0.3) is 0 Å². The van der Waals surface area contributed by atoms with E-state index in [1.807, 2.05) is 0 Å². The molecule has 0 aliphatic carbocycles. The number of nitrogens with one attached hydrogen (secondary N) is 1. The van der Waals surface area contributed by atoms with Gasteiger partial charge in [0.05, 0.1) is 22.2 Å². The molecule has 0 bridgehead atoms. The third-order valence-corrected chi connectivity index (χ3v) is 7.50. The summed E-state index contributed by atoms with van der Waals surface area (Å²) in [7, 11) is -3.56. The number of rotatable bonds is 5. The molecule has 0 aromatic heterocycles. The fourth-order valence-corrected chi connectivity index (χ4v) is 5.55. The van der Waals surface area contributed by atoms with Gasteiger partial charge in [0.15, 0.2) is 0 Å². The van der Waals surface area contributed by atoms with Crippen LogP contribution in [0.3, 0.4) is 0 Å². The van der Waals surface area contributed by atoms with Crippen LogP contribution in [0.5, 0.6) is 0 Å². The van der Waals surface area contributed by atoms with Gasteiger partial charge in [-0.05, 0) is 56.3 Å². The maximum absolute atomic E-state index is 12.9. The van der Waals surface area contributed by atoms with Gasteiger partial charge < -0.3 is 5.32 Å². The lowest BCUT2D eigenvalue weighted by Gasteiger charge is -2.30. The molecule has 1 amide bonds. The fraction of sp³-hybridized carbons (Fsp3) is 0.632. The number of piperidine rings is 2. The second kappa shape index (κ2) is 8.90. The van der Waals surface area contributed by atoms with Crippen molar-refractivity contribution in [2.24, 2.45) is 5.92 Å². The molecule has 2 fully saturated rings. The van der Waals surface area contributed by atoms with Crippen LogP contribution in [-0.4, -0.2) is 56.3 Å². The Morgan fingerprint density at radius 1 is 1.19 bits per heavy atom. The standard InChI is InChI=1S/C19H28ClN3O3S/c1-15-6-5-9-22(13-15)14-19(24)21-18-12-16(7-8-17(18)20)27(25,26)23-10-3-2-4-11-23/h7-8,12,15H,2-6,9-11,13-14H2,1H3,(H,21,24). The lowest BCUT2D eigenvalue weighted by molar-refractivity contribution is -0.117. The van der Waals surface area contributed by atoms with Gasteiger partial charge in [-0.25, -0.2) is 8.42 Å². The van der Waals surface area contributed by atoms with Crippen molar-refractivity contribution in [2.45, 2.75) is 43.9 Å². The molecule has 0 radical (unpaired) electrons. The van der Waals surface area contributed by atoms with E-state index in [9.17, 15) is 13.2 Å². The Morgan fingerprint density at radius 3 is 2.63 bits per heavy atom. The van der Waals surface area contributed by atoms with Gasteiger partial charge in [-0.1, -0.05) is 24.9 Å². The van der Waals surface area contributed by atoms with Gasteiger partial charge in [0.1, 0.15) is 0 Å². The zero-order chi connectivity index (χ0) is 19.4. The first-order chi connectivity index (χ1) is 12.9. The topological polar surface area (TPSA) is 69.7 Å². The molecule has 8 heteroatoms. The summed E-state index contributed by atoms with van der Waals surface area (Å²) < 4.78 is 27.2. The number of likely N-dealkylation sites (tertiary alicyclic amines) is 1. The van der Waals surface area contributed by atoms with E-state index in [0.29, 0.717) is 36.3 Å². The van der Waals surface area contributed by atoms with E-state index in [0.717, 1.165) is 38.8 Å². The van der Waals surface area contributed by atoms with Crippen LogP contribution in [0, 0.1) is 5.92 Å². The number of carbonyl (C=O) groups excluding carboxylic acids is 1. The number of anilines is 1. The van der Waals surface area contributed by atoms with Gasteiger partial charge in [-0.15, -0.1) is 0 Å². The molecule has 2 aliphatic rings. The fourth-order valence-electron chi connectivity index (χ4n) is 3.84. The van der Waals surface area contributed by atoms with E-state index >= 15 is 0 Å². The molecule has 1 atom stereocenters. The molecule has 2 saturated heterocycles. The first-order valence-electron chi connectivity index (χ1n) is 9.68. The molecule has 3 rings (SSSR count). The highest BCUT2D eigenvalue weighted by Gasteiger charge is 2.27. The highest BCUT2D eigenvalue weighted by molar-refractivity contribution is 7.89. The summed E-state index contributed by atoms with van der Waals surface area (Å²) in [6.45, 7) is 5.39. The summed E-state index contributed by atoms with van der Waals surface area (Å²) in [6, 6.07) is 4.52. The Morgan fingerprint density at radius 2 is 1.93 bits per heavy atom. The molecule has 2 aliphatic heterocycles. The average Bonchev–Trinajstić information content (AvgIpc) is 2.64. The highest BCUT2D eigenvalue weighted by Crippen LogP contribution is 2.28. The van der Waals surface area contributed by atoms with Gasteiger partial charge in [0, 0.05) is 19.6 Å². The third-order valence-electron chi connectivity index (χ3n) is 5.27. The minimum absolute atomic E-state index is 0.168. The minimum atomic E-state index is -3.56. The van der Waals surface area contributed by atoms with E-state index in [2.05, 4.69) is 17.1 Å². The smallest absolute Gasteiger partial charge is 0.243 e. The molecule has 2 heterocycles. The van der Waals surface area contributed by atoms with Crippen molar-refractivity contribution in [3.8, 4) is 0 Å². The van der Waals surface area contributed by atoms with Gasteiger partial charge in [-0.2, -0.15) is 4.31 Å². The van der Waals surface area contributed by atoms with Crippen LogP contribution in [0.4, 0.5) is 5.69 Å². The van der Waals surface area contributed by atoms with Crippen LogP contribution >= 0.6 is 11.6 Å². The molecule has 150 valence electrons. The van der Waals surface area contributed by atoms with Crippen LogP contribution < -0.4 is 5.32 Å². The minimum Gasteiger partial charge on any atom is -0.324 e. The zero-order valence-corrected chi connectivity index (χ0v) is 17.4. The lowest BCUT2D eigenvalue weighted by atomic mass is 10.0.